The number of nitrogens with two attached hydrogens (primary N) is 1. The zero-order valence-corrected chi connectivity index (χ0v) is 11.8. The quantitative estimate of drug-likeness (QED) is 0.755. The number of nitrogens with zero attached hydrogens (tertiary/aromatic N) is 1. The van der Waals surface area contributed by atoms with Gasteiger partial charge in [0.25, 0.3) is 0 Å². The highest BCUT2D eigenvalue weighted by atomic mass is 16.5. The van der Waals surface area contributed by atoms with Gasteiger partial charge >= 0.3 is 0 Å². The Morgan fingerprint density at radius 1 is 1.26 bits per heavy atom. The standard InChI is InChI=1S/C14H27N3O2/c15-13(12-4-2-1-3-5-12)14(18)16-6-7-17-8-10-19-11-9-17/h12-13H,1-11,15H2,(H,16,18)/t13-/m0/s1. The highest BCUT2D eigenvalue weighted by Gasteiger charge is 2.25. The molecule has 0 radical (unpaired) electrons. The number of amides is 1. The van der Waals surface area contributed by atoms with Gasteiger partial charge in [-0.2, -0.15) is 0 Å². The number of ether oxygens (including phenoxy) is 1. The summed E-state index contributed by atoms with van der Waals surface area (Å²) >= 11 is 0. The van der Waals surface area contributed by atoms with Crippen LogP contribution in [0.25, 0.3) is 0 Å². The topological polar surface area (TPSA) is 67.6 Å². The molecule has 5 heteroatoms. The van der Waals surface area contributed by atoms with Crippen LogP contribution in [0.4, 0.5) is 0 Å². The monoisotopic (exact) mass is 269 g/mol. The average molecular weight is 269 g/mol. The van der Waals surface area contributed by atoms with E-state index in [1.165, 1.54) is 19.3 Å². The zero-order valence-electron chi connectivity index (χ0n) is 11.8. The van der Waals surface area contributed by atoms with Gasteiger partial charge in [-0.1, -0.05) is 19.3 Å². The van der Waals surface area contributed by atoms with Crippen LogP contribution in [0.1, 0.15) is 32.1 Å². The Morgan fingerprint density at radius 3 is 2.63 bits per heavy atom. The van der Waals surface area contributed by atoms with Crippen molar-refractivity contribution in [1.82, 2.24) is 10.2 Å². The molecule has 0 bridgehead atoms. The van der Waals surface area contributed by atoms with E-state index in [0.717, 1.165) is 45.7 Å². The molecule has 0 aromatic rings. The van der Waals surface area contributed by atoms with E-state index < -0.39 is 0 Å². The Bertz CT molecular complexity index is 274. The molecule has 0 aromatic heterocycles. The molecule has 1 amide bonds. The van der Waals surface area contributed by atoms with Gasteiger partial charge in [0.05, 0.1) is 19.3 Å². The van der Waals surface area contributed by atoms with Crippen LogP contribution in [0.3, 0.4) is 0 Å². The van der Waals surface area contributed by atoms with Gasteiger partial charge in [-0.15, -0.1) is 0 Å². The van der Waals surface area contributed by atoms with E-state index >= 15 is 0 Å². The molecule has 1 saturated carbocycles. The summed E-state index contributed by atoms with van der Waals surface area (Å²) in [6, 6.07) is -0.315. The van der Waals surface area contributed by atoms with Crippen LogP contribution in [0.2, 0.25) is 0 Å². The number of rotatable bonds is 5. The fourth-order valence-electron chi connectivity index (χ4n) is 2.99. The van der Waals surface area contributed by atoms with Crippen molar-refractivity contribution in [3.63, 3.8) is 0 Å². The van der Waals surface area contributed by atoms with Crippen LogP contribution < -0.4 is 11.1 Å². The molecule has 5 nitrogen and oxygen atoms in total. The van der Waals surface area contributed by atoms with Gasteiger partial charge in [0.15, 0.2) is 0 Å². The minimum atomic E-state index is -0.315. The summed E-state index contributed by atoms with van der Waals surface area (Å²) in [4.78, 5) is 14.3. The second-order valence-corrected chi connectivity index (χ2v) is 5.67. The maximum atomic E-state index is 12.0. The lowest BCUT2D eigenvalue weighted by Crippen LogP contribution is -2.48. The summed E-state index contributed by atoms with van der Waals surface area (Å²) < 4.78 is 5.30. The molecular formula is C14H27N3O2. The van der Waals surface area contributed by atoms with Gasteiger partial charge < -0.3 is 15.8 Å². The van der Waals surface area contributed by atoms with E-state index in [2.05, 4.69) is 10.2 Å². The smallest absolute Gasteiger partial charge is 0.237 e. The molecule has 0 unspecified atom stereocenters. The van der Waals surface area contributed by atoms with Crippen molar-refractivity contribution in [2.24, 2.45) is 11.7 Å². The zero-order chi connectivity index (χ0) is 13.5. The molecule has 1 saturated heterocycles. The van der Waals surface area contributed by atoms with Gasteiger partial charge in [0.2, 0.25) is 5.91 Å². The van der Waals surface area contributed by atoms with Crippen molar-refractivity contribution in [1.29, 1.82) is 0 Å². The fourth-order valence-corrected chi connectivity index (χ4v) is 2.99. The van der Waals surface area contributed by atoms with Crippen molar-refractivity contribution in [3.8, 4) is 0 Å². The molecule has 2 aliphatic rings. The van der Waals surface area contributed by atoms with Gasteiger partial charge in [0, 0.05) is 26.2 Å². The number of hydrogen-bond donors (Lipinski definition) is 2. The lowest BCUT2D eigenvalue weighted by Gasteiger charge is -2.28. The summed E-state index contributed by atoms with van der Waals surface area (Å²) in [6.07, 6.45) is 5.96. The minimum Gasteiger partial charge on any atom is -0.379 e. The van der Waals surface area contributed by atoms with Crippen molar-refractivity contribution >= 4 is 5.91 Å². The van der Waals surface area contributed by atoms with E-state index in [4.69, 9.17) is 10.5 Å². The van der Waals surface area contributed by atoms with Crippen LogP contribution in [0, 0.1) is 5.92 Å². The maximum absolute atomic E-state index is 12.0. The van der Waals surface area contributed by atoms with E-state index in [-0.39, 0.29) is 11.9 Å². The summed E-state index contributed by atoms with van der Waals surface area (Å²) in [5.74, 6) is 0.414. The first-order valence-electron chi connectivity index (χ1n) is 7.61. The van der Waals surface area contributed by atoms with Crippen molar-refractivity contribution in [2.45, 2.75) is 38.1 Å². The number of nitrogens with one attached hydrogen (secondary N) is 1. The van der Waals surface area contributed by atoms with Crippen LogP contribution in [0.5, 0.6) is 0 Å². The Hall–Kier alpha value is -0.650. The normalized spacial score (nSPS) is 24.1. The SMILES string of the molecule is N[C@H](C(=O)NCCN1CCOCC1)C1CCCCC1. The molecule has 1 atom stereocenters. The Labute approximate surface area is 115 Å². The average Bonchev–Trinajstić information content (AvgIpc) is 2.48. The van der Waals surface area contributed by atoms with E-state index in [0.29, 0.717) is 12.5 Å². The Morgan fingerprint density at radius 2 is 1.95 bits per heavy atom. The van der Waals surface area contributed by atoms with E-state index in [9.17, 15) is 4.79 Å². The molecule has 19 heavy (non-hydrogen) atoms. The summed E-state index contributed by atoms with van der Waals surface area (Å²) in [7, 11) is 0. The van der Waals surface area contributed by atoms with Gasteiger partial charge in [-0.3, -0.25) is 9.69 Å². The second-order valence-electron chi connectivity index (χ2n) is 5.67. The third-order valence-electron chi connectivity index (χ3n) is 4.29. The second kappa shape index (κ2) is 7.82. The number of morpholine rings is 1. The lowest BCUT2D eigenvalue weighted by atomic mass is 9.84. The predicted molar refractivity (Wildman–Crippen MR) is 74.8 cm³/mol. The third-order valence-corrected chi connectivity index (χ3v) is 4.29. The van der Waals surface area contributed by atoms with Crippen LogP contribution in [-0.4, -0.2) is 56.2 Å². The Kier molecular flexibility index (Phi) is 6.07. The molecule has 0 spiro atoms. The van der Waals surface area contributed by atoms with Gasteiger partial charge in [0.1, 0.15) is 0 Å². The highest BCUT2D eigenvalue weighted by molar-refractivity contribution is 5.81. The minimum absolute atomic E-state index is 0.0279. The van der Waals surface area contributed by atoms with E-state index in [1.54, 1.807) is 0 Å². The predicted octanol–water partition coefficient (Wildman–Crippen LogP) is 0.342. The summed E-state index contributed by atoms with van der Waals surface area (Å²) in [5, 5.41) is 2.98. The molecule has 3 N–H and O–H groups in total. The molecule has 2 fully saturated rings. The maximum Gasteiger partial charge on any atom is 0.237 e. The first-order chi connectivity index (χ1) is 9.27. The molecule has 110 valence electrons. The third kappa shape index (κ3) is 4.75. The lowest BCUT2D eigenvalue weighted by molar-refractivity contribution is -0.123. The molecule has 1 aliphatic heterocycles. The first-order valence-corrected chi connectivity index (χ1v) is 7.61. The Balaban J connectivity index is 1.62. The molecular weight excluding hydrogens is 242 g/mol. The summed E-state index contributed by atoms with van der Waals surface area (Å²) in [6.45, 7) is 5.12. The van der Waals surface area contributed by atoms with Crippen LogP contribution in [0.15, 0.2) is 0 Å². The van der Waals surface area contributed by atoms with E-state index in [1.807, 2.05) is 0 Å². The molecule has 2 rings (SSSR count). The first kappa shape index (κ1) is 14.8. The number of hydrogen-bond acceptors (Lipinski definition) is 4. The fraction of sp³-hybridized carbons (Fsp3) is 0.929. The van der Waals surface area contributed by atoms with Crippen molar-refractivity contribution < 1.29 is 9.53 Å². The molecule has 1 heterocycles. The summed E-state index contributed by atoms with van der Waals surface area (Å²) in [5.41, 5.74) is 6.07. The number of carbonyl (C=O) groups excluding carboxylic acids is 1. The van der Waals surface area contributed by atoms with Gasteiger partial charge in [-0.25, -0.2) is 0 Å². The van der Waals surface area contributed by atoms with Crippen LogP contribution >= 0.6 is 0 Å². The largest absolute Gasteiger partial charge is 0.379 e. The number of carbonyl (C=O) groups is 1. The van der Waals surface area contributed by atoms with Gasteiger partial charge in [-0.05, 0) is 18.8 Å². The highest BCUT2D eigenvalue weighted by Crippen LogP contribution is 2.25. The molecule has 0 aromatic carbocycles. The van der Waals surface area contributed by atoms with Crippen LogP contribution in [-0.2, 0) is 9.53 Å². The van der Waals surface area contributed by atoms with Crippen molar-refractivity contribution in [2.75, 3.05) is 39.4 Å². The van der Waals surface area contributed by atoms with Crippen molar-refractivity contribution in [3.05, 3.63) is 0 Å². The molecule has 1 aliphatic carbocycles.